The van der Waals surface area contributed by atoms with Gasteiger partial charge in [-0.15, -0.1) is 0 Å². The molecule has 0 unspecified atom stereocenters. The molecule has 0 atom stereocenters. The van der Waals surface area contributed by atoms with Crippen LogP contribution in [0.3, 0.4) is 0 Å². The van der Waals surface area contributed by atoms with Crippen LogP contribution in [0.15, 0.2) is 66.7 Å². The van der Waals surface area contributed by atoms with Crippen LogP contribution in [-0.4, -0.2) is 5.91 Å². The summed E-state index contributed by atoms with van der Waals surface area (Å²) in [6.07, 6.45) is 0. The number of benzene rings is 3. The van der Waals surface area contributed by atoms with Crippen molar-refractivity contribution in [2.24, 2.45) is 0 Å². The summed E-state index contributed by atoms with van der Waals surface area (Å²) >= 11 is 0. The van der Waals surface area contributed by atoms with E-state index in [0.29, 0.717) is 24.0 Å². The predicted octanol–water partition coefficient (Wildman–Crippen LogP) is 6.09. The van der Waals surface area contributed by atoms with Crippen LogP contribution >= 0.6 is 0 Å². The van der Waals surface area contributed by atoms with Gasteiger partial charge < -0.3 is 10.1 Å². The number of amides is 1. The standard InChI is InChI=1S/C24H24FNO2/c1-16(2)21-14-22(26-24(27)19-10-7-11-20(25)13-19)23(12-17(21)3)28-15-18-8-5-4-6-9-18/h4-14,16H,15H2,1-3H3,(H,26,27). The molecule has 0 fully saturated rings. The lowest BCUT2D eigenvalue weighted by molar-refractivity contribution is 0.102. The molecule has 0 saturated heterocycles. The van der Waals surface area contributed by atoms with Gasteiger partial charge >= 0.3 is 0 Å². The Kier molecular flexibility index (Phi) is 6.09. The van der Waals surface area contributed by atoms with Gasteiger partial charge in [0.25, 0.3) is 5.91 Å². The summed E-state index contributed by atoms with van der Waals surface area (Å²) in [4.78, 5) is 12.6. The summed E-state index contributed by atoms with van der Waals surface area (Å²) in [5.41, 5.74) is 4.11. The van der Waals surface area contributed by atoms with Crippen molar-refractivity contribution in [2.75, 3.05) is 5.32 Å². The maximum Gasteiger partial charge on any atom is 0.255 e. The van der Waals surface area contributed by atoms with Crippen molar-refractivity contribution in [1.29, 1.82) is 0 Å². The van der Waals surface area contributed by atoms with E-state index in [9.17, 15) is 9.18 Å². The van der Waals surface area contributed by atoms with Crippen LogP contribution < -0.4 is 10.1 Å². The maximum atomic E-state index is 13.5. The third-order valence-corrected chi connectivity index (χ3v) is 4.56. The average Bonchev–Trinajstić information content (AvgIpc) is 2.68. The molecule has 144 valence electrons. The molecule has 0 aromatic heterocycles. The zero-order valence-corrected chi connectivity index (χ0v) is 16.3. The van der Waals surface area contributed by atoms with Crippen LogP contribution in [0.5, 0.6) is 5.75 Å². The number of nitrogens with one attached hydrogen (secondary N) is 1. The van der Waals surface area contributed by atoms with E-state index in [4.69, 9.17) is 4.74 Å². The predicted molar refractivity (Wildman–Crippen MR) is 110 cm³/mol. The van der Waals surface area contributed by atoms with Gasteiger partial charge in [0.05, 0.1) is 5.69 Å². The first-order valence-corrected chi connectivity index (χ1v) is 9.32. The summed E-state index contributed by atoms with van der Waals surface area (Å²) in [5, 5.41) is 2.88. The van der Waals surface area contributed by atoms with Crippen molar-refractivity contribution in [3.63, 3.8) is 0 Å². The highest BCUT2D eigenvalue weighted by Gasteiger charge is 2.15. The highest BCUT2D eigenvalue weighted by Crippen LogP contribution is 2.33. The van der Waals surface area contributed by atoms with Gasteiger partial charge in [-0.2, -0.15) is 0 Å². The van der Waals surface area contributed by atoms with Crippen molar-refractivity contribution >= 4 is 11.6 Å². The lowest BCUT2D eigenvalue weighted by atomic mass is 9.97. The van der Waals surface area contributed by atoms with Crippen LogP contribution in [0.4, 0.5) is 10.1 Å². The smallest absolute Gasteiger partial charge is 0.255 e. The molecule has 0 heterocycles. The number of ether oxygens (including phenoxy) is 1. The molecule has 0 radical (unpaired) electrons. The first kappa shape index (κ1) is 19.6. The van der Waals surface area contributed by atoms with Crippen LogP contribution in [0, 0.1) is 12.7 Å². The molecule has 0 aliphatic heterocycles. The van der Waals surface area contributed by atoms with Gasteiger partial charge in [0.15, 0.2) is 0 Å². The normalized spacial score (nSPS) is 10.8. The third-order valence-electron chi connectivity index (χ3n) is 4.56. The number of carbonyl (C=O) groups is 1. The van der Waals surface area contributed by atoms with Gasteiger partial charge in [-0.05, 0) is 59.9 Å². The number of hydrogen-bond acceptors (Lipinski definition) is 2. The highest BCUT2D eigenvalue weighted by molar-refractivity contribution is 6.05. The Morgan fingerprint density at radius 2 is 1.79 bits per heavy atom. The molecule has 28 heavy (non-hydrogen) atoms. The van der Waals surface area contributed by atoms with Crippen molar-refractivity contribution in [2.45, 2.75) is 33.3 Å². The molecule has 0 aliphatic rings. The number of carbonyl (C=O) groups excluding carboxylic acids is 1. The van der Waals surface area contributed by atoms with Crippen LogP contribution in [0.1, 0.15) is 46.8 Å². The minimum absolute atomic E-state index is 0.265. The van der Waals surface area contributed by atoms with Crippen LogP contribution in [0.2, 0.25) is 0 Å². The summed E-state index contributed by atoms with van der Waals surface area (Å²) in [6.45, 7) is 6.63. The van der Waals surface area contributed by atoms with Gasteiger partial charge in [-0.3, -0.25) is 4.79 Å². The van der Waals surface area contributed by atoms with Crippen molar-refractivity contribution < 1.29 is 13.9 Å². The number of halogens is 1. The Bertz CT molecular complexity index is 968. The van der Waals surface area contributed by atoms with Crippen molar-refractivity contribution in [3.8, 4) is 5.75 Å². The molecule has 3 nitrogen and oxygen atoms in total. The van der Waals surface area contributed by atoms with E-state index in [2.05, 4.69) is 19.2 Å². The molecule has 0 spiro atoms. The lowest BCUT2D eigenvalue weighted by Crippen LogP contribution is -2.14. The molecule has 3 aromatic carbocycles. The molecular weight excluding hydrogens is 353 g/mol. The molecule has 4 heteroatoms. The van der Waals surface area contributed by atoms with Gasteiger partial charge in [0.2, 0.25) is 0 Å². The summed E-state index contributed by atoms with van der Waals surface area (Å²) in [7, 11) is 0. The molecule has 3 rings (SSSR count). The maximum absolute atomic E-state index is 13.5. The SMILES string of the molecule is Cc1cc(OCc2ccccc2)c(NC(=O)c2cccc(F)c2)cc1C(C)C. The Morgan fingerprint density at radius 3 is 2.46 bits per heavy atom. The van der Waals surface area contributed by atoms with Gasteiger partial charge in [-0.1, -0.05) is 50.2 Å². The van der Waals surface area contributed by atoms with E-state index in [-0.39, 0.29) is 11.5 Å². The molecule has 0 saturated carbocycles. The first-order valence-electron chi connectivity index (χ1n) is 9.32. The second-order valence-corrected chi connectivity index (χ2v) is 7.10. The second-order valence-electron chi connectivity index (χ2n) is 7.10. The number of hydrogen-bond donors (Lipinski definition) is 1. The van der Waals surface area contributed by atoms with E-state index in [1.54, 1.807) is 6.07 Å². The van der Waals surface area contributed by atoms with E-state index < -0.39 is 5.82 Å². The fourth-order valence-corrected chi connectivity index (χ4v) is 3.10. The van der Waals surface area contributed by atoms with Gasteiger partial charge in [0, 0.05) is 5.56 Å². The van der Waals surface area contributed by atoms with E-state index in [1.807, 2.05) is 49.4 Å². The van der Waals surface area contributed by atoms with E-state index >= 15 is 0 Å². The van der Waals surface area contributed by atoms with Crippen LogP contribution in [-0.2, 0) is 6.61 Å². The molecule has 1 N–H and O–H groups in total. The lowest BCUT2D eigenvalue weighted by Gasteiger charge is -2.18. The quantitative estimate of drug-likeness (QED) is 0.564. The third kappa shape index (κ3) is 4.77. The Balaban J connectivity index is 1.89. The Labute approximate surface area is 165 Å². The molecule has 0 bridgehead atoms. The number of aryl methyl sites for hydroxylation is 1. The molecule has 3 aromatic rings. The Hall–Kier alpha value is -3.14. The van der Waals surface area contributed by atoms with Crippen LogP contribution in [0.25, 0.3) is 0 Å². The minimum Gasteiger partial charge on any atom is -0.487 e. The first-order chi connectivity index (χ1) is 13.4. The zero-order valence-electron chi connectivity index (χ0n) is 16.3. The second kappa shape index (κ2) is 8.70. The fraction of sp³-hybridized carbons (Fsp3) is 0.208. The Morgan fingerprint density at radius 1 is 1.04 bits per heavy atom. The molecular formula is C24H24FNO2. The summed E-state index contributed by atoms with van der Waals surface area (Å²) < 4.78 is 19.5. The zero-order chi connectivity index (χ0) is 20.1. The minimum atomic E-state index is -0.444. The van der Waals surface area contributed by atoms with E-state index in [1.165, 1.54) is 18.2 Å². The van der Waals surface area contributed by atoms with Crippen molar-refractivity contribution in [1.82, 2.24) is 0 Å². The van der Waals surface area contributed by atoms with Gasteiger partial charge in [-0.25, -0.2) is 4.39 Å². The summed E-state index contributed by atoms with van der Waals surface area (Å²) in [5.74, 6) is 0.0751. The topological polar surface area (TPSA) is 38.3 Å². The monoisotopic (exact) mass is 377 g/mol. The van der Waals surface area contributed by atoms with Crippen molar-refractivity contribution in [3.05, 3.63) is 94.8 Å². The number of anilines is 1. The largest absolute Gasteiger partial charge is 0.487 e. The highest BCUT2D eigenvalue weighted by atomic mass is 19.1. The molecule has 0 aliphatic carbocycles. The summed E-state index contributed by atoms with van der Waals surface area (Å²) in [6, 6.07) is 19.4. The fourth-order valence-electron chi connectivity index (χ4n) is 3.10. The molecule has 1 amide bonds. The number of rotatable bonds is 6. The van der Waals surface area contributed by atoms with Gasteiger partial charge in [0.1, 0.15) is 18.2 Å². The average molecular weight is 377 g/mol. The van der Waals surface area contributed by atoms with E-state index in [0.717, 1.165) is 16.7 Å².